The van der Waals surface area contributed by atoms with Crippen LogP contribution in [-0.4, -0.2) is 50.3 Å². The van der Waals surface area contributed by atoms with E-state index in [1.54, 1.807) is 0 Å². The summed E-state index contributed by atoms with van der Waals surface area (Å²) in [5, 5.41) is 4.23. The van der Waals surface area contributed by atoms with Crippen molar-refractivity contribution >= 4 is 5.91 Å². The van der Waals surface area contributed by atoms with Gasteiger partial charge in [-0.3, -0.25) is 9.48 Å². The molecule has 0 radical (unpaired) electrons. The van der Waals surface area contributed by atoms with Crippen LogP contribution in [0.4, 0.5) is 0 Å². The molecule has 7 heteroatoms. The molecule has 2 aromatic heterocycles. The van der Waals surface area contributed by atoms with Crippen molar-refractivity contribution in [3.63, 3.8) is 0 Å². The number of carbonyl (C=O) groups excluding carboxylic acids is 1. The van der Waals surface area contributed by atoms with Crippen molar-refractivity contribution in [2.24, 2.45) is 7.05 Å². The first-order valence-electron chi connectivity index (χ1n) is 8.63. The van der Waals surface area contributed by atoms with Gasteiger partial charge in [-0.1, -0.05) is 0 Å². The maximum atomic E-state index is 12.6. The Bertz CT molecular complexity index is 751. The van der Waals surface area contributed by atoms with Gasteiger partial charge in [-0.25, -0.2) is 9.97 Å². The number of aromatic nitrogens is 4. The second-order valence-electron chi connectivity index (χ2n) is 6.59. The van der Waals surface area contributed by atoms with E-state index in [9.17, 15) is 4.79 Å². The zero-order valence-corrected chi connectivity index (χ0v) is 15.3. The number of amides is 1. The molecule has 1 aliphatic heterocycles. The minimum atomic E-state index is -0.253. The van der Waals surface area contributed by atoms with Gasteiger partial charge in [-0.2, -0.15) is 5.10 Å². The van der Waals surface area contributed by atoms with E-state index in [1.165, 1.54) is 0 Å². The Labute approximate surface area is 148 Å². The number of aryl methyl sites for hydroxylation is 4. The quantitative estimate of drug-likeness (QED) is 0.844. The van der Waals surface area contributed by atoms with Crippen LogP contribution in [0.2, 0.25) is 0 Å². The summed E-state index contributed by atoms with van der Waals surface area (Å²) in [7, 11) is 1.91. The highest BCUT2D eigenvalue weighted by Gasteiger charge is 2.27. The number of carbonyl (C=O) groups is 1. The Balaban J connectivity index is 1.62. The molecule has 25 heavy (non-hydrogen) atoms. The van der Waals surface area contributed by atoms with Crippen LogP contribution in [0.1, 0.15) is 41.0 Å². The normalized spacial score (nSPS) is 17.8. The van der Waals surface area contributed by atoms with Crippen LogP contribution in [-0.2, 0) is 23.0 Å². The standard InChI is InChI=1S/C18H25N5O2/c1-12-9-13(2)21-18(20-12)16-11-23(7-8-25-16)17(24)6-5-15-10-19-22(4)14(15)3/h9-10,16H,5-8,11H2,1-4H3/t16-/m1/s1. The van der Waals surface area contributed by atoms with Crippen molar-refractivity contribution in [2.45, 2.75) is 39.7 Å². The van der Waals surface area contributed by atoms with Crippen LogP contribution in [0.5, 0.6) is 0 Å². The molecule has 2 aromatic rings. The van der Waals surface area contributed by atoms with E-state index in [-0.39, 0.29) is 12.0 Å². The molecule has 3 heterocycles. The molecule has 0 N–H and O–H groups in total. The van der Waals surface area contributed by atoms with Crippen molar-refractivity contribution in [3.8, 4) is 0 Å². The van der Waals surface area contributed by atoms with Gasteiger partial charge >= 0.3 is 0 Å². The monoisotopic (exact) mass is 343 g/mol. The Hall–Kier alpha value is -2.28. The predicted octanol–water partition coefficient (Wildman–Crippen LogP) is 1.67. The second kappa shape index (κ2) is 7.31. The molecule has 0 bridgehead atoms. The summed E-state index contributed by atoms with van der Waals surface area (Å²) in [6, 6.07) is 1.94. The summed E-state index contributed by atoms with van der Waals surface area (Å²) >= 11 is 0. The lowest BCUT2D eigenvalue weighted by molar-refractivity contribution is -0.139. The number of morpholine rings is 1. The Kier molecular flexibility index (Phi) is 5.13. The van der Waals surface area contributed by atoms with Crippen LogP contribution in [0.15, 0.2) is 12.3 Å². The van der Waals surface area contributed by atoms with Gasteiger partial charge in [-0.15, -0.1) is 0 Å². The third kappa shape index (κ3) is 4.04. The van der Waals surface area contributed by atoms with Gasteiger partial charge in [0, 0.05) is 37.1 Å². The molecule has 1 fully saturated rings. The predicted molar refractivity (Wildman–Crippen MR) is 93.0 cm³/mol. The molecule has 1 amide bonds. The van der Waals surface area contributed by atoms with Crippen LogP contribution in [0.3, 0.4) is 0 Å². The van der Waals surface area contributed by atoms with Gasteiger partial charge in [0.2, 0.25) is 5.91 Å². The first kappa shape index (κ1) is 17.5. The molecule has 7 nitrogen and oxygen atoms in total. The van der Waals surface area contributed by atoms with E-state index in [4.69, 9.17) is 4.74 Å². The number of rotatable bonds is 4. The molecule has 134 valence electrons. The van der Waals surface area contributed by atoms with Gasteiger partial charge in [-0.05, 0) is 38.8 Å². The maximum Gasteiger partial charge on any atom is 0.223 e. The van der Waals surface area contributed by atoms with E-state index < -0.39 is 0 Å². The third-order valence-electron chi connectivity index (χ3n) is 4.65. The van der Waals surface area contributed by atoms with E-state index in [0.717, 1.165) is 22.6 Å². The van der Waals surface area contributed by atoms with Crippen molar-refractivity contribution in [2.75, 3.05) is 19.7 Å². The zero-order valence-electron chi connectivity index (χ0n) is 15.3. The SMILES string of the molecule is Cc1cc(C)nc([C@H]2CN(C(=O)CCc3cnn(C)c3C)CCO2)n1. The summed E-state index contributed by atoms with van der Waals surface area (Å²) in [5.74, 6) is 0.805. The third-order valence-corrected chi connectivity index (χ3v) is 4.65. The van der Waals surface area contributed by atoms with E-state index in [0.29, 0.717) is 38.4 Å². The topological polar surface area (TPSA) is 73.1 Å². The highest BCUT2D eigenvalue weighted by atomic mass is 16.5. The van der Waals surface area contributed by atoms with Gasteiger partial charge < -0.3 is 9.64 Å². The highest BCUT2D eigenvalue weighted by Crippen LogP contribution is 2.21. The van der Waals surface area contributed by atoms with Crippen molar-refractivity contribution < 1.29 is 9.53 Å². The van der Waals surface area contributed by atoms with Crippen LogP contribution >= 0.6 is 0 Å². The van der Waals surface area contributed by atoms with Crippen LogP contribution in [0.25, 0.3) is 0 Å². The van der Waals surface area contributed by atoms with Crippen molar-refractivity contribution in [3.05, 3.63) is 40.7 Å². The first-order chi connectivity index (χ1) is 11.9. The van der Waals surface area contributed by atoms with Gasteiger partial charge in [0.15, 0.2) is 5.82 Å². The summed E-state index contributed by atoms with van der Waals surface area (Å²) in [6.45, 7) is 7.55. The smallest absolute Gasteiger partial charge is 0.223 e. The van der Waals surface area contributed by atoms with Gasteiger partial charge in [0.1, 0.15) is 6.10 Å². The number of ether oxygens (including phenoxy) is 1. The number of hydrogen-bond donors (Lipinski definition) is 0. The number of hydrogen-bond acceptors (Lipinski definition) is 5. The van der Waals surface area contributed by atoms with Crippen molar-refractivity contribution in [1.82, 2.24) is 24.6 Å². The molecular weight excluding hydrogens is 318 g/mol. The molecule has 0 aliphatic carbocycles. The van der Waals surface area contributed by atoms with E-state index >= 15 is 0 Å². The summed E-state index contributed by atoms with van der Waals surface area (Å²) in [6.07, 6.45) is 2.78. The minimum absolute atomic E-state index is 0.140. The minimum Gasteiger partial charge on any atom is -0.367 e. The lowest BCUT2D eigenvalue weighted by atomic mass is 10.1. The summed E-state index contributed by atoms with van der Waals surface area (Å²) in [5.41, 5.74) is 4.07. The average molecular weight is 343 g/mol. The lowest BCUT2D eigenvalue weighted by Gasteiger charge is -2.32. The summed E-state index contributed by atoms with van der Waals surface area (Å²) in [4.78, 5) is 23.4. The molecule has 1 atom stereocenters. The molecule has 0 saturated carbocycles. The molecule has 1 aliphatic rings. The maximum absolute atomic E-state index is 12.6. The Morgan fingerprint density at radius 3 is 2.64 bits per heavy atom. The highest BCUT2D eigenvalue weighted by molar-refractivity contribution is 5.76. The van der Waals surface area contributed by atoms with Gasteiger partial charge in [0.25, 0.3) is 0 Å². The fraction of sp³-hybridized carbons (Fsp3) is 0.556. The lowest BCUT2D eigenvalue weighted by Crippen LogP contribution is -2.42. The first-order valence-corrected chi connectivity index (χ1v) is 8.63. The molecule has 0 unspecified atom stereocenters. The average Bonchev–Trinajstić information content (AvgIpc) is 2.91. The van der Waals surface area contributed by atoms with Crippen LogP contribution in [0, 0.1) is 20.8 Å². The van der Waals surface area contributed by atoms with Crippen molar-refractivity contribution in [1.29, 1.82) is 0 Å². The zero-order chi connectivity index (χ0) is 18.0. The molecule has 3 rings (SSSR count). The second-order valence-corrected chi connectivity index (χ2v) is 6.59. The fourth-order valence-corrected chi connectivity index (χ4v) is 3.12. The fourth-order valence-electron chi connectivity index (χ4n) is 3.12. The Morgan fingerprint density at radius 2 is 2.00 bits per heavy atom. The molecular formula is C18H25N5O2. The van der Waals surface area contributed by atoms with Crippen LogP contribution < -0.4 is 0 Å². The molecule has 1 saturated heterocycles. The molecule has 0 spiro atoms. The molecule has 0 aromatic carbocycles. The van der Waals surface area contributed by atoms with E-state index in [2.05, 4.69) is 15.1 Å². The summed E-state index contributed by atoms with van der Waals surface area (Å²) < 4.78 is 7.64. The van der Waals surface area contributed by atoms with E-state index in [1.807, 2.05) is 49.7 Å². The Morgan fingerprint density at radius 1 is 1.28 bits per heavy atom. The largest absolute Gasteiger partial charge is 0.367 e. The van der Waals surface area contributed by atoms with Gasteiger partial charge in [0.05, 0.1) is 19.3 Å². The number of nitrogens with zero attached hydrogens (tertiary/aromatic N) is 5.